The van der Waals surface area contributed by atoms with Gasteiger partial charge in [0.05, 0.1) is 11.2 Å². The maximum absolute atomic E-state index is 13.8. The van der Waals surface area contributed by atoms with E-state index >= 15 is 0 Å². The Balaban J connectivity index is 2.21. The molecule has 3 rings (SSSR count). The fraction of sp³-hybridized carbons (Fsp3) is 0. The van der Waals surface area contributed by atoms with Crippen LogP contribution in [0.2, 0.25) is 0 Å². The Morgan fingerprint density at radius 2 is 1.84 bits per heavy atom. The van der Waals surface area contributed by atoms with Gasteiger partial charge in [0.1, 0.15) is 12.1 Å². The summed E-state index contributed by atoms with van der Waals surface area (Å²) in [5.74, 6) is -0.381. The van der Waals surface area contributed by atoms with Crippen LogP contribution in [0.5, 0.6) is 0 Å². The molecule has 0 unspecified atom stereocenters. The largest absolute Gasteiger partial charge is 0.298 e. The van der Waals surface area contributed by atoms with Crippen molar-refractivity contribution in [1.82, 2.24) is 4.98 Å². The second-order valence-electron chi connectivity index (χ2n) is 4.25. The van der Waals surface area contributed by atoms with Crippen molar-refractivity contribution in [2.24, 2.45) is 0 Å². The van der Waals surface area contributed by atoms with Gasteiger partial charge in [0.25, 0.3) is 0 Å². The van der Waals surface area contributed by atoms with Crippen LogP contribution < -0.4 is 0 Å². The number of fused-ring (bicyclic) bond motifs is 1. The molecule has 0 aliphatic heterocycles. The van der Waals surface area contributed by atoms with Crippen molar-refractivity contribution < 1.29 is 9.18 Å². The third kappa shape index (κ3) is 2.10. The number of pyridine rings is 1. The van der Waals surface area contributed by atoms with E-state index in [0.29, 0.717) is 23.1 Å². The predicted octanol–water partition coefficient (Wildman–Crippen LogP) is 3.85. The van der Waals surface area contributed by atoms with Crippen LogP contribution in [0.4, 0.5) is 4.39 Å². The minimum atomic E-state index is -0.381. The van der Waals surface area contributed by atoms with Crippen LogP contribution in [0.15, 0.2) is 54.6 Å². The monoisotopic (exact) mass is 251 g/mol. The zero-order chi connectivity index (χ0) is 13.2. The molecule has 0 saturated heterocycles. The fourth-order valence-corrected chi connectivity index (χ4v) is 2.03. The molecule has 0 N–H and O–H groups in total. The van der Waals surface area contributed by atoms with Gasteiger partial charge < -0.3 is 0 Å². The first-order chi connectivity index (χ1) is 9.28. The highest BCUT2D eigenvalue weighted by molar-refractivity contribution is 5.83. The standard InChI is InChI=1S/C16H10FNO/c17-14-7-5-11(10-19)9-13(14)16-8-6-12-3-1-2-4-15(12)18-16/h1-10H. The summed E-state index contributed by atoms with van der Waals surface area (Å²) in [4.78, 5) is 15.2. The normalized spacial score (nSPS) is 10.6. The molecule has 0 atom stereocenters. The van der Waals surface area contributed by atoms with Gasteiger partial charge in [0.2, 0.25) is 0 Å². The lowest BCUT2D eigenvalue weighted by atomic mass is 10.1. The maximum Gasteiger partial charge on any atom is 0.150 e. The molecule has 0 aliphatic carbocycles. The van der Waals surface area contributed by atoms with E-state index in [1.165, 1.54) is 18.2 Å². The quantitative estimate of drug-likeness (QED) is 0.647. The Kier molecular flexibility index (Phi) is 2.80. The highest BCUT2D eigenvalue weighted by Crippen LogP contribution is 2.24. The summed E-state index contributed by atoms with van der Waals surface area (Å²) < 4.78 is 13.8. The number of aromatic nitrogens is 1. The third-order valence-electron chi connectivity index (χ3n) is 3.00. The molecule has 1 aromatic heterocycles. The number of para-hydroxylation sites is 1. The number of hydrogen-bond donors (Lipinski definition) is 0. The molecule has 19 heavy (non-hydrogen) atoms. The summed E-state index contributed by atoms with van der Waals surface area (Å²) >= 11 is 0. The average molecular weight is 251 g/mol. The summed E-state index contributed by atoms with van der Waals surface area (Å²) in [5.41, 5.74) is 2.11. The fourth-order valence-electron chi connectivity index (χ4n) is 2.03. The molecule has 3 aromatic rings. The lowest BCUT2D eigenvalue weighted by Crippen LogP contribution is -1.91. The van der Waals surface area contributed by atoms with E-state index in [4.69, 9.17) is 0 Å². The molecule has 1 heterocycles. The van der Waals surface area contributed by atoms with Crippen molar-refractivity contribution in [2.45, 2.75) is 0 Å². The van der Waals surface area contributed by atoms with Crippen LogP contribution in [0, 0.1) is 5.82 Å². The summed E-state index contributed by atoms with van der Waals surface area (Å²) in [6.07, 6.45) is 0.698. The van der Waals surface area contributed by atoms with Gasteiger partial charge >= 0.3 is 0 Å². The van der Waals surface area contributed by atoms with Gasteiger partial charge in [-0.3, -0.25) is 4.79 Å². The molecule has 3 heteroatoms. The van der Waals surface area contributed by atoms with Gasteiger partial charge in [0, 0.05) is 16.5 Å². The minimum absolute atomic E-state index is 0.343. The zero-order valence-corrected chi connectivity index (χ0v) is 10.0. The number of aldehydes is 1. The molecule has 0 radical (unpaired) electrons. The predicted molar refractivity (Wildman–Crippen MR) is 72.5 cm³/mol. The van der Waals surface area contributed by atoms with Gasteiger partial charge in [-0.15, -0.1) is 0 Å². The van der Waals surface area contributed by atoms with Gasteiger partial charge in [-0.1, -0.05) is 24.3 Å². The number of halogens is 1. The van der Waals surface area contributed by atoms with Crippen molar-refractivity contribution in [3.05, 3.63) is 66.0 Å². The lowest BCUT2D eigenvalue weighted by Gasteiger charge is -2.05. The summed E-state index contributed by atoms with van der Waals surface area (Å²) in [6.45, 7) is 0. The zero-order valence-electron chi connectivity index (χ0n) is 10.0. The second-order valence-corrected chi connectivity index (χ2v) is 4.25. The molecule has 0 amide bonds. The molecule has 2 aromatic carbocycles. The average Bonchev–Trinajstić information content (AvgIpc) is 2.47. The van der Waals surface area contributed by atoms with Crippen LogP contribution in [0.3, 0.4) is 0 Å². The maximum atomic E-state index is 13.8. The van der Waals surface area contributed by atoms with E-state index in [1.807, 2.05) is 30.3 Å². The highest BCUT2D eigenvalue weighted by atomic mass is 19.1. The number of hydrogen-bond acceptors (Lipinski definition) is 2. The Bertz CT molecular complexity index is 768. The first kappa shape index (κ1) is 11.5. The van der Waals surface area contributed by atoms with Crippen LogP contribution in [-0.4, -0.2) is 11.3 Å². The molecule has 92 valence electrons. The van der Waals surface area contributed by atoms with Crippen LogP contribution in [0.1, 0.15) is 10.4 Å². The van der Waals surface area contributed by atoms with E-state index in [2.05, 4.69) is 4.98 Å². The van der Waals surface area contributed by atoms with Crippen molar-refractivity contribution in [3.63, 3.8) is 0 Å². The van der Waals surface area contributed by atoms with E-state index in [9.17, 15) is 9.18 Å². The van der Waals surface area contributed by atoms with Crippen LogP contribution in [0.25, 0.3) is 22.2 Å². The van der Waals surface area contributed by atoms with E-state index in [-0.39, 0.29) is 5.82 Å². The van der Waals surface area contributed by atoms with Gasteiger partial charge in [-0.2, -0.15) is 0 Å². The highest BCUT2D eigenvalue weighted by Gasteiger charge is 2.08. The first-order valence-electron chi connectivity index (χ1n) is 5.89. The molecule has 0 fully saturated rings. The molecule has 0 spiro atoms. The number of nitrogens with zero attached hydrogens (tertiary/aromatic N) is 1. The summed E-state index contributed by atoms with van der Waals surface area (Å²) in [6, 6.07) is 15.5. The Morgan fingerprint density at radius 3 is 2.68 bits per heavy atom. The topological polar surface area (TPSA) is 30.0 Å². The number of carbonyl (C=O) groups is 1. The van der Waals surface area contributed by atoms with Crippen molar-refractivity contribution in [1.29, 1.82) is 0 Å². The first-order valence-corrected chi connectivity index (χ1v) is 5.89. The molecule has 0 bridgehead atoms. The second kappa shape index (κ2) is 4.61. The molecule has 2 nitrogen and oxygen atoms in total. The van der Waals surface area contributed by atoms with Gasteiger partial charge in [-0.05, 0) is 30.3 Å². The Labute approximate surface area is 109 Å². The van der Waals surface area contributed by atoms with Crippen molar-refractivity contribution in [2.75, 3.05) is 0 Å². The Hall–Kier alpha value is -2.55. The van der Waals surface area contributed by atoms with Gasteiger partial charge in [-0.25, -0.2) is 9.37 Å². The molecule has 0 aliphatic rings. The van der Waals surface area contributed by atoms with Crippen molar-refractivity contribution in [3.8, 4) is 11.3 Å². The van der Waals surface area contributed by atoms with Crippen molar-refractivity contribution >= 4 is 17.2 Å². The smallest absolute Gasteiger partial charge is 0.150 e. The summed E-state index contributed by atoms with van der Waals surface area (Å²) in [7, 11) is 0. The van der Waals surface area contributed by atoms with Crippen LogP contribution >= 0.6 is 0 Å². The third-order valence-corrected chi connectivity index (χ3v) is 3.00. The van der Waals surface area contributed by atoms with E-state index in [1.54, 1.807) is 6.07 Å². The number of rotatable bonds is 2. The number of benzene rings is 2. The van der Waals surface area contributed by atoms with E-state index < -0.39 is 0 Å². The molecule has 0 saturated carbocycles. The van der Waals surface area contributed by atoms with E-state index in [0.717, 1.165) is 10.9 Å². The molecular formula is C16H10FNO. The minimum Gasteiger partial charge on any atom is -0.298 e. The summed E-state index contributed by atoms with van der Waals surface area (Å²) in [5, 5.41) is 0.998. The number of carbonyl (C=O) groups excluding carboxylic acids is 1. The lowest BCUT2D eigenvalue weighted by molar-refractivity contribution is 0.112. The van der Waals surface area contributed by atoms with Gasteiger partial charge in [0.15, 0.2) is 0 Å². The van der Waals surface area contributed by atoms with Crippen LogP contribution in [-0.2, 0) is 0 Å². The Morgan fingerprint density at radius 1 is 1.00 bits per heavy atom. The SMILES string of the molecule is O=Cc1ccc(F)c(-c2ccc3ccccc3n2)c1. The molecular weight excluding hydrogens is 241 g/mol.